The van der Waals surface area contributed by atoms with Crippen molar-refractivity contribution in [3.8, 4) is 0 Å². The fourth-order valence-corrected chi connectivity index (χ4v) is 1.98. The molecule has 2 nitrogen and oxygen atoms in total. The van der Waals surface area contributed by atoms with Gasteiger partial charge in [-0.1, -0.05) is 63.5 Å². The van der Waals surface area contributed by atoms with Crippen LogP contribution in [0.25, 0.3) is 11.1 Å². The quantitative estimate of drug-likeness (QED) is 0.489. The third-order valence-electron chi connectivity index (χ3n) is 3.26. The van der Waals surface area contributed by atoms with Crippen LogP contribution in [0.5, 0.6) is 0 Å². The van der Waals surface area contributed by atoms with Crippen molar-refractivity contribution in [1.29, 1.82) is 0 Å². The Morgan fingerprint density at radius 1 is 1.29 bits per heavy atom. The Bertz CT molecular complexity index is 608. The van der Waals surface area contributed by atoms with Crippen molar-refractivity contribution in [2.45, 2.75) is 20.8 Å². The van der Waals surface area contributed by atoms with Gasteiger partial charge in [0.2, 0.25) is 0 Å². The van der Waals surface area contributed by atoms with Crippen LogP contribution in [-0.4, -0.2) is 11.7 Å². The van der Waals surface area contributed by atoms with Crippen LogP contribution < -0.4 is 0 Å². The Hall–Kier alpha value is -2.35. The molecule has 21 heavy (non-hydrogen) atoms. The zero-order valence-corrected chi connectivity index (χ0v) is 13.2. The summed E-state index contributed by atoms with van der Waals surface area (Å²) in [6.07, 6.45) is 13.8. The van der Waals surface area contributed by atoms with Crippen LogP contribution in [-0.2, 0) is 0 Å². The van der Waals surface area contributed by atoms with E-state index in [1.54, 1.807) is 0 Å². The molecule has 0 unspecified atom stereocenters. The number of nitrogens with one attached hydrogen (secondary N) is 1. The number of hydrogen-bond donors (Lipinski definition) is 1. The lowest BCUT2D eigenvalue weighted by molar-refractivity contribution is 0.858. The molecule has 0 spiro atoms. The lowest BCUT2D eigenvalue weighted by atomic mass is 9.92. The molecular weight excluding hydrogens is 256 g/mol. The van der Waals surface area contributed by atoms with Crippen LogP contribution in [0.15, 0.2) is 60.8 Å². The predicted molar refractivity (Wildman–Crippen MR) is 96.0 cm³/mol. The minimum absolute atomic E-state index is 0.338. The number of H-pyrrole nitrogens is 1. The predicted octanol–water partition coefficient (Wildman–Crippen LogP) is 5.72. The summed E-state index contributed by atoms with van der Waals surface area (Å²) in [4.78, 5) is 7.22. The third kappa shape index (κ3) is 4.06. The summed E-state index contributed by atoms with van der Waals surface area (Å²) in [5.41, 5.74) is 4.14. The summed E-state index contributed by atoms with van der Waals surface area (Å²) in [6, 6.07) is 0. The molecule has 1 aromatic rings. The van der Waals surface area contributed by atoms with Gasteiger partial charge in [0.15, 0.2) is 0 Å². The van der Waals surface area contributed by atoms with Gasteiger partial charge in [-0.05, 0) is 30.7 Å². The van der Waals surface area contributed by atoms with E-state index in [1.165, 1.54) is 0 Å². The molecule has 0 saturated heterocycles. The van der Waals surface area contributed by atoms with Gasteiger partial charge in [0, 0.05) is 17.3 Å². The van der Waals surface area contributed by atoms with Gasteiger partial charge >= 0.3 is 0 Å². The Balaban J connectivity index is 3.34. The molecule has 0 fully saturated rings. The summed E-state index contributed by atoms with van der Waals surface area (Å²) in [5.74, 6) is 1.10. The number of allylic oxidation sites excluding steroid dienone is 8. The topological polar surface area (TPSA) is 28.1 Å². The molecule has 0 radical (unpaired) electrons. The molecule has 0 saturated carbocycles. The van der Waals surface area contributed by atoms with Gasteiger partial charge in [0.25, 0.3) is 0 Å². The zero-order chi connectivity index (χ0) is 15.8. The van der Waals surface area contributed by atoms with Gasteiger partial charge in [-0.25, -0.2) is 4.99 Å². The Morgan fingerprint density at radius 2 is 2.00 bits per heavy atom. The minimum Gasteiger partial charge on any atom is -0.346 e. The van der Waals surface area contributed by atoms with E-state index in [4.69, 9.17) is 0 Å². The van der Waals surface area contributed by atoms with Gasteiger partial charge in [-0.15, -0.1) is 0 Å². The Kier molecular flexibility index (Phi) is 6.41. The normalized spacial score (nSPS) is 12.5. The first kappa shape index (κ1) is 16.7. The van der Waals surface area contributed by atoms with E-state index in [1.807, 2.05) is 49.6 Å². The monoisotopic (exact) mass is 280 g/mol. The fraction of sp³-hybridized carbons (Fsp3) is 0.211. The van der Waals surface area contributed by atoms with E-state index in [-0.39, 0.29) is 0 Å². The van der Waals surface area contributed by atoms with Gasteiger partial charge < -0.3 is 4.98 Å². The summed E-state index contributed by atoms with van der Waals surface area (Å²) in [6.45, 7) is 18.0. The average molecular weight is 280 g/mol. The molecule has 0 amide bonds. The highest BCUT2D eigenvalue weighted by molar-refractivity contribution is 5.88. The van der Waals surface area contributed by atoms with Gasteiger partial charge in [-0.2, -0.15) is 0 Å². The summed E-state index contributed by atoms with van der Waals surface area (Å²) in [7, 11) is 0. The summed E-state index contributed by atoms with van der Waals surface area (Å²) < 4.78 is 0. The molecule has 0 atom stereocenters. The van der Waals surface area contributed by atoms with Crippen LogP contribution in [0.3, 0.4) is 0 Å². The molecule has 0 aliphatic carbocycles. The number of hydrogen-bond acceptors (Lipinski definition) is 1. The van der Waals surface area contributed by atoms with E-state index in [0.29, 0.717) is 5.92 Å². The van der Waals surface area contributed by atoms with E-state index in [0.717, 1.165) is 28.1 Å². The van der Waals surface area contributed by atoms with Gasteiger partial charge in [-0.3, -0.25) is 0 Å². The lowest BCUT2D eigenvalue weighted by Gasteiger charge is -2.12. The van der Waals surface area contributed by atoms with Crippen LogP contribution >= 0.6 is 0 Å². The highest BCUT2D eigenvalue weighted by atomic mass is 14.9. The summed E-state index contributed by atoms with van der Waals surface area (Å²) in [5, 5.41) is 0. The van der Waals surface area contributed by atoms with E-state index in [9.17, 15) is 0 Å². The number of aromatic amines is 1. The number of nitrogens with zero attached hydrogens (tertiary/aromatic N) is 1. The highest BCUT2D eigenvalue weighted by Crippen LogP contribution is 2.36. The second-order valence-electron chi connectivity index (χ2n) is 5.00. The van der Waals surface area contributed by atoms with Crippen LogP contribution in [0.2, 0.25) is 0 Å². The van der Waals surface area contributed by atoms with Crippen LogP contribution in [0.1, 0.15) is 31.9 Å². The largest absolute Gasteiger partial charge is 0.346 e. The number of rotatable bonds is 7. The molecule has 1 aromatic heterocycles. The number of aromatic nitrogens is 1. The standard InChI is InChI=1S/C19H24N2/c1-7-9-10-11-12-16(8-2)17-13-21-19(20-6)18(17)15(5)14(3)4/h7-14,21H,2,5-6H2,1,3-4H3/b9-7+,11-10-,16-12+. The maximum atomic E-state index is 4.19. The molecule has 0 aliphatic rings. The molecule has 1 heterocycles. The second kappa shape index (κ2) is 8.05. The van der Waals surface area contributed by atoms with Crippen molar-refractivity contribution in [3.05, 3.63) is 66.9 Å². The van der Waals surface area contributed by atoms with Crippen molar-refractivity contribution in [2.75, 3.05) is 0 Å². The van der Waals surface area contributed by atoms with Crippen molar-refractivity contribution in [3.63, 3.8) is 0 Å². The lowest BCUT2D eigenvalue weighted by Crippen LogP contribution is -1.94. The van der Waals surface area contributed by atoms with Crippen LogP contribution in [0, 0.1) is 5.92 Å². The van der Waals surface area contributed by atoms with E-state index >= 15 is 0 Å². The molecule has 2 heteroatoms. The van der Waals surface area contributed by atoms with Crippen molar-refractivity contribution in [1.82, 2.24) is 4.98 Å². The average Bonchev–Trinajstić information content (AvgIpc) is 2.90. The SMILES string of the molecule is C=C\C(=C/C=C\C=C\C)c1c[nH]c(N=C)c1C(=C)C(C)C. The van der Waals surface area contributed by atoms with E-state index < -0.39 is 0 Å². The van der Waals surface area contributed by atoms with Crippen LogP contribution in [0.4, 0.5) is 5.82 Å². The minimum atomic E-state index is 0.338. The molecule has 0 aromatic carbocycles. The van der Waals surface area contributed by atoms with E-state index in [2.05, 4.69) is 43.7 Å². The van der Waals surface area contributed by atoms with Crippen molar-refractivity contribution in [2.24, 2.45) is 10.9 Å². The van der Waals surface area contributed by atoms with Crippen molar-refractivity contribution >= 4 is 23.7 Å². The molecule has 1 rings (SSSR count). The maximum Gasteiger partial charge on any atom is 0.137 e. The molecule has 0 bridgehead atoms. The first-order valence-electron chi connectivity index (χ1n) is 7.06. The zero-order valence-electron chi connectivity index (χ0n) is 13.2. The highest BCUT2D eigenvalue weighted by Gasteiger charge is 2.17. The first-order chi connectivity index (χ1) is 10.1. The maximum absolute atomic E-state index is 4.19. The summed E-state index contributed by atoms with van der Waals surface area (Å²) >= 11 is 0. The molecular formula is C19H24N2. The molecule has 110 valence electrons. The smallest absolute Gasteiger partial charge is 0.137 e. The van der Waals surface area contributed by atoms with Gasteiger partial charge in [0.1, 0.15) is 5.82 Å². The van der Waals surface area contributed by atoms with Crippen molar-refractivity contribution < 1.29 is 0 Å². The second-order valence-corrected chi connectivity index (χ2v) is 5.00. The number of aliphatic imine (C=N–C) groups is 1. The Labute approximate surface area is 128 Å². The fourth-order valence-electron chi connectivity index (χ4n) is 1.98. The third-order valence-corrected chi connectivity index (χ3v) is 3.26. The van der Waals surface area contributed by atoms with Gasteiger partial charge in [0.05, 0.1) is 0 Å². The molecule has 1 N–H and O–H groups in total. The Morgan fingerprint density at radius 3 is 2.52 bits per heavy atom. The first-order valence-corrected chi connectivity index (χ1v) is 7.06. The molecule has 0 aliphatic heterocycles.